The van der Waals surface area contributed by atoms with Gasteiger partial charge in [0.2, 0.25) is 0 Å². The second-order valence-electron chi connectivity index (χ2n) is 6.83. The number of aliphatic hydroxyl groups is 2. The van der Waals surface area contributed by atoms with E-state index in [4.69, 9.17) is 4.74 Å². The van der Waals surface area contributed by atoms with E-state index in [2.05, 4.69) is 10.3 Å². The number of anilines is 1. The predicted octanol–water partition coefficient (Wildman–Crippen LogP) is 1.91. The molecule has 0 spiro atoms. The summed E-state index contributed by atoms with van der Waals surface area (Å²) in [6.07, 6.45) is 3.58. The van der Waals surface area contributed by atoms with Crippen LogP contribution in [0.5, 0.6) is 5.75 Å². The topological polar surface area (TPSA) is 128 Å². The van der Waals surface area contributed by atoms with Gasteiger partial charge in [0.15, 0.2) is 5.78 Å². The van der Waals surface area contributed by atoms with Crippen LogP contribution in [0, 0.1) is 5.92 Å². The number of rotatable bonds is 2. The molecule has 1 aliphatic heterocycles. The van der Waals surface area contributed by atoms with Crippen molar-refractivity contribution in [3.63, 3.8) is 0 Å². The van der Waals surface area contributed by atoms with E-state index in [9.17, 15) is 24.9 Å². The Kier molecular flexibility index (Phi) is 7.69. The molecule has 0 bridgehead atoms. The maximum atomic E-state index is 12.8. The Balaban J connectivity index is 2.56. The molecule has 29 heavy (non-hydrogen) atoms. The molecule has 1 heterocycles. The molecule has 0 amide bonds. The number of nitrogens with one attached hydrogen (secondary N) is 1. The molecule has 1 aromatic rings. The summed E-state index contributed by atoms with van der Waals surface area (Å²) in [7, 11) is 1.57. The van der Waals surface area contributed by atoms with E-state index in [1.165, 1.54) is 36.7 Å². The Morgan fingerprint density at radius 3 is 2.62 bits per heavy atom. The molecular weight excluding hydrogens is 376 g/mol. The average molecular weight is 402 g/mol. The lowest BCUT2D eigenvalue weighted by molar-refractivity contribution is -0.127. The molecule has 8 heteroatoms. The van der Waals surface area contributed by atoms with Gasteiger partial charge in [-0.05, 0) is 31.6 Å². The number of fused-ring (bicyclic) bond motifs is 1. The van der Waals surface area contributed by atoms with Gasteiger partial charge in [0.05, 0.1) is 12.4 Å². The number of aromatic hydroxyl groups is 1. The smallest absolute Gasteiger partial charge is 0.342 e. The fraction of sp³-hybridized carbons (Fsp3) is 0.381. The number of esters is 1. The molecule has 0 fully saturated rings. The Labute approximate surface area is 169 Å². The summed E-state index contributed by atoms with van der Waals surface area (Å²) in [4.78, 5) is 28.7. The number of hydrogen-bond donors (Lipinski definition) is 4. The van der Waals surface area contributed by atoms with E-state index in [-0.39, 0.29) is 23.7 Å². The van der Waals surface area contributed by atoms with Crippen molar-refractivity contribution in [1.82, 2.24) is 0 Å². The Morgan fingerprint density at radius 2 is 1.93 bits per heavy atom. The lowest BCUT2D eigenvalue weighted by Crippen LogP contribution is -2.32. The van der Waals surface area contributed by atoms with Gasteiger partial charge in [-0.2, -0.15) is 0 Å². The van der Waals surface area contributed by atoms with Crippen LogP contribution in [0.1, 0.15) is 36.2 Å². The number of aliphatic imine (C=N–C) groups is 1. The van der Waals surface area contributed by atoms with Crippen molar-refractivity contribution < 1.29 is 29.6 Å². The van der Waals surface area contributed by atoms with Crippen LogP contribution in [0.15, 0.2) is 35.4 Å². The average Bonchev–Trinajstić information content (AvgIpc) is 2.69. The first-order valence-electron chi connectivity index (χ1n) is 9.25. The maximum Gasteiger partial charge on any atom is 0.342 e. The summed E-state index contributed by atoms with van der Waals surface area (Å²) in [5, 5.41) is 33.4. The molecule has 4 atom stereocenters. The van der Waals surface area contributed by atoms with Crippen molar-refractivity contribution in [3.8, 4) is 5.75 Å². The van der Waals surface area contributed by atoms with Crippen molar-refractivity contribution in [3.05, 3.63) is 41.5 Å². The van der Waals surface area contributed by atoms with Crippen molar-refractivity contribution in [2.24, 2.45) is 10.9 Å². The number of phenolic OH excluding ortho intramolecular Hbond substituents is 1. The molecule has 2 rings (SSSR count). The van der Waals surface area contributed by atoms with E-state index < -0.39 is 30.1 Å². The Hall–Kier alpha value is -2.97. The van der Waals surface area contributed by atoms with E-state index in [1.807, 2.05) is 0 Å². The number of carbonyl (C=O) groups is 2. The third-order valence-corrected chi connectivity index (χ3v) is 4.69. The minimum atomic E-state index is -1.57. The first-order valence-corrected chi connectivity index (χ1v) is 9.25. The lowest BCUT2D eigenvalue weighted by atomic mass is 9.99. The van der Waals surface area contributed by atoms with Gasteiger partial charge < -0.3 is 25.4 Å². The van der Waals surface area contributed by atoms with Gasteiger partial charge in [-0.1, -0.05) is 25.2 Å². The molecule has 0 aliphatic carbocycles. The predicted molar refractivity (Wildman–Crippen MR) is 110 cm³/mol. The van der Waals surface area contributed by atoms with Gasteiger partial charge in [-0.3, -0.25) is 9.79 Å². The fourth-order valence-corrected chi connectivity index (χ4v) is 2.74. The number of nitrogens with zero attached hydrogens (tertiary/aromatic N) is 1. The fourth-order valence-electron chi connectivity index (χ4n) is 2.74. The molecule has 1 aliphatic rings. The Morgan fingerprint density at radius 1 is 1.21 bits per heavy atom. The van der Waals surface area contributed by atoms with Gasteiger partial charge in [0.1, 0.15) is 23.5 Å². The molecule has 0 unspecified atom stereocenters. The zero-order valence-corrected chi connectivity index (χ0v) is 16.6. The number of ketones is 1. The SMILES string of the molecule is CN=CNc1ccc(O)c2c1/C=C/C[C@H](O)[C@H](O)C(=O)/C=C\[C@@H](C)[C@H](C)OC2=O. The molecule has 1 aromatic carbocycles. The van der Waals surface area contributed by atoms with Crippen molar-refractivity contribution in [2.45, 2.75) is 38.6 Å². The summed E-state index contributed by atoms with van der Waals surface area (Å²) in [5.74, 6) is -1.96. The molecule has 0 radical (unpaired) electrons. The summed E-state index contributed by atoms with van der Waals surface area (Å²) < 4.78 is 5.49. The second kappa shape index (κ2) is 9.99. The minimum absolute atomic E-state index is 0.0399. The number of carbonyl (C=O) groups excluding carboxylic acids is 2. The molecule has 156 valence electrons. The molecule has 0 aromatic heterocycles. The number of cyclic esters (lactones) is 1. The van der Waals surface area contributed by atoms with Crippen LogP contribution in [0.2, 0.25) is 0 Å². The first kappa shape index (κ1) is 22.3. The molecule has 0 saturated carbocycles. The van der Waals surface area contributed by atoms with Crippen LogP contribution in [-0.4, -0.2) is 58.8 Å². The van der Waals surface area contributed by atoms with E-state index in [0.717, 1.165) is 0 Å². The largest absolute Gasteiger partial charge is 0.507 e. The van der Waals surface area contributed by atoms with Gasteiger partial charge >= 0.3 is 5.97 Å². The van der Waals surface area contributed by atoms with Crippen LogP contribution >= 0.6 is 0 Å². The number of benzene rings is 1. The molecule has 8 nitrogen and oxygen atoms in total. The maximum absolute atomic E-state index is 12.8. The minimum Gasteiger partial charge on any atom is -0.507 e. The van der Waals surface area contributed by atoms with Gasteiger partial charge in [-0.25, -0.2) is 4.79 Å². The van der Waals surface area contributed by atoms with E-state index in [0.29, 0.717) is 11.3 Å². The van der Waals surface area contributed by atoms with E-state index >= 15 is 0 Å². The van der Waals surface area contributed by atoms with Gasteiger partial charge in [0.25, 0.3) is 0 Å². The monoisotopic (exact) mass is 402 g/mol. The number of aliphatic hydroxyl groups excluding tert-OH is 2. The standard InChI is InChI=1S/C21H26N2O6/c1-12-7-9-18(26)20(27)17(25)6-4-5-14-15(23-11-22-3)8-10-16(24)19(14)21(28)29-13(12)2/h4-5,7-13,17,20,24-25,27H,6H2,1-3H3,(H,22,23)/b5-4+,9-7-/t12-,13+,17+,20+/m1/s1. The third-order valence-electron chi connectivity index (χ3n) is 4.69. The second-order valence-corrected chi connectivity index (χ2v) is 6.83. The molecule has 4 N–H and O–H groups in total. The van der Waals surface area contributed by atoms with Gasteiger partial charge in [-0.15, -0.1) is 0 Å². The van der Waals surface area contributed by atoms with Gasteiger partial charge in [0, 0.05) is 24.2 Å². The summed E-state index contributed by atoms with van der Waals surface area (Å²) in [6.45, 7) is 3.40. The van der Waals surface area contributed by atoms with Crippen molar-refractivity contribution in [2.75, 3.05) is 12.4 Å². The summed E-state index contributed by atoms with van der Waals surface area (Å²) in [6, 6.07) is 2.94. The molecular formula is C21H26N2O6. The number of ether oxygens (including phenoxy) is 1. The highest BCUT2D eigenvalue weighted by Crippen LogP contribution is 2.31. The third kappa shape index (κ3) is 5.52. The highest BCUT2D eigenvalue weighted by Gasteiger charge is 2.25. The zero-order chi connectivity index (χ0) is 21.6. The molecule has 0 saturated heterocycles. The highest BCUT2D eigenvalue weighted by molar-refractivity contribution is 6.00. The van der Waals surface area contributed by atoms with Crippen LogP contribution in [0.4, 0.5) is 5.69 Å². The van der Waals surface area contributed by atoms with Crippen LogP contribution in [0.3, 0.4) is 0 Å². The lowest BCUT2D eigenvalue weighted by Gasteiger charge is -2.20. The number of phenols is 1. The normalized spacial score (nSPS) is 28.3. The van der Waals surface area contributed by atoms with Crippen LogP contribution in [-0.2, 0) is 9.53 Å². The van der Waals surface area contributed by atoms with Crippen molar-refractivity contribution >= 4 is 29.9 Å². The number of hydrogen-bond acceptors (Lipinski definition) is 7. The highest BCUT2D eigenvalue weighted by atomic mass is 16.5. The van der Waals surface area contributed by atoms with Crippen LogP contribution < -0.4 is 5.32 Å². The summed E-state index contributed by atoms with van der Waals surface area (Å²) in [5.41, 5.74) is 0.771. The quantitative estimate of drug-likeness (QED) is 0.257. The first-order chi connectivity index (χ1) is 13.8. The summed E-state index contributed by atoms with van der Waals surface area (Å²) >= 11 is 0. The Bertz CT molecular complexity index is 846. The van der Waals surface area contributed by atoms with E-state index in [1.54, 1.807) is 27.0 Å². The zero-order valence-electron chi connectivity index (χ0n) is 16.6. The van der Waals surface area contributed by atoms with Crippen LogP contribution in [0.25, 0.3) is 6.08 Å². The van der Waals surface area contributed by atoms with Crippen molar-refractivity contribution in [1.29, 1.82) is 0 Å².